The normalized spacial score (nSPS) is 32.2. The van der Waals surface area contributed by atoms with Crippen LogP contribution in [0.4, 0.5) is 18.3 Å². The number of rotatable bonds is 1. The molecule has 0 bridgehead atoms. The van der Waals surface area contributed by atoms with E-state index in [1.165, 1.54) is 6.42 Å². The summed E-state index contributed by atoms with van der Waals surface area (Å²) < 4.78 is 37.9. The summed E-state index contributed by atoms with van der Waals surface area (Å²) in [4.78, 5) is 0. The topological polar surface area (TPSA) is 9.23 Å². The van der Waals surface area contributed by atoms with Crippen molar-refractivity contribution < 1.29 is 23.0 Å². The van der Waals surface area contributed by atoms with Gasteiger partial charge in [-0.1, -0.05) is 20.8 Å². The zero-order valence-electron chi connectivity index (χ0n) is 9.91. The van der Waals surface area contributed by atoms with Crippen LogP contribution in [0.2, 0.25) is 0 Å². The highest BCUT2D eigenvalue weighted by atomic mass is 20.0. The first-order valence-electron chi connectivity index (χ1n) is 4.88. The highest BCUT2D eigenvalue weighted by Gasteiger charge is 2.48. The molecular weight excluding hydrogens is 212 g/mol. The lowest BCUT2D eigenvalue weighted by Gasteiger charge is -2.35. The predicted molar refractivity (Wildman–Crippen MR) is 52.1 cm³/mol. The summed E-state index contributed by atoms with van der Waals surface area (Å²) in [5.74, 6) is 0. The second-order valence-electron chi connectivity index (χ2n) is 4.60. The second kappa shape index (κ2) is 7.04. The van der Waals surface area contributed by atoms with Crippen LogP contribution in [0.5, 0.6) is 0 Å². The Balaban J connectivity index is 0. The largest absolute Gasteiger partial charge is 0.372 e. The molecule has 1 heterocycles. The lowest BCUT2D eigenvalue weighted by molar-refractivity contribution is -0.0628. The van der Waals surface area contributed by atoms with Gasteiger partial charge in [0.15, 0.2) is 0 Å². The zero-order valence-corrected chi connectivity index (χ0v) is 9.91. The van der Waals surface area contributed by atoms with E-state index in [0.717, 1.165) is 6.42 Å². The van der Waals surface area contributed by atoms with E-state index in [1.807, 2.05) is 0 Å². The fraction of sp³-hybridized carbons (Fsp3) is 1.00. The quantitative estimate of drug-likeness (QED) is 0.597. The molecule has 0 aromatic rings. The summed E-state index contributed by atoms with van der Waals surface area (Å²) in [6.45, 7) is 11.2. The van der Waals surface area contributed by atoms with Gasteiger partial charge in [0.1, 0.15) is 0 Å². The third-order valence-electron chi connectivity index (χ3n) is 3.37. The van der Waals surface area contributed by atoms with Gasteiger partial charge < -0.3 is 4.74 Å². The van der Waals surface area contributed by atoms with Gasteiger partial charge in [-0.15, -0.1) is 0 Å². The van der Waals surface area contributed by atoms with Crippen molar-refractivity contribution in [3.63, 3.8) is 0 Å². The van der Waals surface area contributed by atoms with Crippen LogP contribution in [0.25, 0.3) is 0 Å². The summed E-state index contributed by atoms with van der Waals surface area (Å²) in [5.41, 5.74) is 0.452. The van der Waals surface area contributed by atoms with Crippen molar-refractivity contribution in [2.75, 3.05) is 0 Å². The Morgan fingerprint density at radius 3 is 1.67 bits per heavy atom. The van der Waals surface area contributed by atoms with Crippen LogP contribution in [0.15, 0.2) is 0 Å². The SMILES string of the molecule is CC[C@@]1(C)O[C@@H](C)CC1(C)C.FF.FF. The fourth-order valence-corrected chi connectivity index (χ4v) is 2.14. The Morgan fingerprint density at radius 2 is 1.53 bits per heavy atom. The zero-order chi connectivity index (χ0) is 12.7. The van der Waals surface area contributed by atoms with Crippen LogP contribution < -0.4 is 0 Å². The summed E-state index contributed by atoms with van der Waals surface area (Å²) in [6, 6.07) is 0. The predicted octanol–water partition coefficient (Wildman–Crippen LogP) is 4.67. The maximum atomic E-state index is 8.00. The summed E-state index contributed by atoms with van der Waals surface area (Å²) in [7, 11) is 0. The molecule has 0 aromatic heterocycles. The standard InChI is InChI=1S/C10H20O.2F2/c1-6-10(5)9(3,4)7-8(2)11-10;2*1-2/h8H,6-7H2,1-5H3;;/t8-,10+;;/m0../s1. The Kier molecular flexibility index (Phi) is 8.02. The number of halogens is 4. The third kappa shape index (κ3) is 3.97. The van der Waals surface area contributed by atoms with Crippen molar-refractivity contribution in [3.05, 3.63) is 0 Å². The maximum absolute atomic E-state index is 8.00. The first-order valence-corrected chi connectivity index (χ1v) is 4.88. The molecule has 0 aromatic carbocycles. The highest BCUT2D eigenvalue weighted by molar-refractivity contribution is 4.97. The molecule has 0 radical (unpaired) electrons. The summed E-state index contributed by atoms with van der Waals surface area (Å²) >= 11 is 0. The van der Waals surface area contributed by atoms with Gasteiger partial charge in [-0.3, -0.25) is 0 Å². The van der Waals surface area contributed by atoms with Crippen molar-refractivity contribution in [1.29, 1.82) is 0 Å². The molecule has 0 unspecified atom stereocenters. The molecule has 94 valence electrons. The molecule has 0 N–H and O–H groups in total. The minimum atomic E-state index is 0.104. The van der Waals surface area contributed by atoms with Crippen LogP contribution in [0.1, 0.15) is 47.5 Å². The van der Waals surface area contributed by atoms with E-state index in [2.05, 4.69) is 34.6 Å². The molecule has 5 heteroatoms. The van der Waals surface area contributed by atoms with Crippen molar-refractivity contribution in [2.45, 2.75) is 59.2 Å². The van der Waals surface area contributed by atoms with Gasteiger partial charge >= 0.3 is 0 Å². The molecule has 1 nitrogen and oxygen atoms in total. The van der Waals surface area contributed by atoms with Crippen LogP contribution in [0.3, 0.4) is 0 Å². The van der Waals surface area contributed by atoms with Crippen molar-refractivity contribution >= 4 is 0 Å². The molecular formula is C10H20F4O. The van der Waals surface area contributed by atoms with Gasteiger partial charge in [0, 0.05) is 18.3 Å². The van der Waals surface area contributed by atoms with E-state index in [0.29, 0.717) is 11.5 Å². The lowest BCUT2D eigenvalue weighted by atomic mass is 9.74. The minimum Gasteiger partial charge on any atom is -0.372 e. The van der Waals surface area contributed by atoms with Crippen LogP contribution in [0, 0.1) is 5.41 Å². The Morgan fingerprint density at radius 1 is 1.13 bits per heavy atom. The minimum absolute atomic E-state index is 0.104. The fourth-order valence-electron chi connectivity index (χ4n) is 2.14. The first kappa shape index (κ1) is 17.1. The van der Waals surface area contributed by atoms with Crippen LogP contribution in [-0.2, 0) is 4.74 Å². The molecule has 0 saturated carbocycles. The Bertz CT molecular complexity index is 164. The maximum Gasteiger partial charge on any atom is 0.0707 e. The average Bonchev–Trinajstić information content (AvgIpc) is 2.42. The van der Waals surface area contributed by atoms with Crippen molar-refractivity contribution in [3.8, 4) is 0 Å². The molecule has 1 aliphatic rings. The number of hydrogen-bond acceptors (Lipinski definition) is 1. The van der Waals surface area contributed by atoms with Gasteiger partial charge in [0.2, 0.25) is 0 Å². The van der Waals surface area contributed by atoms with Crippen molar-refractivity contribution in [2.24, 2.45) is 5.41 Å². The Labute approximate surface area is 88.5 Å². The lowest BCUT2D eigenvalue weighted by Crippen LogP contribution is -2.37. The van der Waals surface area contributed by atoms with Gasteiger partial charge in [-0.05, 0) is 32.1 Å². The van der Waals surface area contributed by atoms with Gasteiger partial charge in [0.05, 0.1) is 11.7 Å². The average molecular weight is 232 g/mol. The van der Waals surface area contributed by atoms with E-state index < -0.39 is 0 Å². The number of hydrogen-bond donors (Lipinski definition) is 0. The smallest absolute Gasteiger partial charge is 0.0707 e. The molecule has 2 atom stereocenters. The molecule has 1 saturated heterocycles. The Hall–Kier alpha value is -0.320. The number of ether oxygens (including phenoxy) is 1. The van der Waals surface area contributed by atoms with Crippen LogP contribution in [-0.4, -0.2) is 11.7 Å². The van der Waals surface area contributed by atoms with E-state index in [1.54, 1.807) is 0 Å². The molecule has 1 aliphatic heterocycles. The molecule has 0 spiro atoms. The van der Waals surface area contributed by atoms with Crippen molar-refractivity contribution in [1.82, 2.24) is 0 Å². The van der Waals surface area contributed by atoms with Crippen LogP contribution >= 0.6 is 0 Å². The second-order valence-corrected chi connectivity index (χ2v) is 4.60. The molecule has 1 fully saturated rings. The van der Waals surface area contributed by atoms with E-state index >= 15 is 0 Å². The summed E-state index contributed by atoms with van der Waals surface area (Å²) in [5, 5.41) is 0. The molecule has 15 heavy (non-hydrogen) atoms. The van der Waals surface area contributed by atoms with E-state index in [9.17, 15) is 0 Å². The summed E-state index contributed by atoms with van der Waals surface area (Å²) in [6.07, 6.45) is 2.75. The molecule has 0 aliphatic carbocycles. The van der Waals surface area contributed by atoms with Gasteiger partial charge in [-0.25, -0.2) is 0 Å². The highest BCUT2D eigenvalue weighted by Crippen LogP contribution is 2.47. The first-order chi connectivity index (χ1) is 6.91. The molecule has 0 amide bonds. The van der Waals surface area contributed by atoms with E-state index in [4.69, 9.17) is 23.0 Å². The van der Waals surface area contributed by atoms with E-state index in [-0.39, 0.29) is 5.60 Å². The van der Waals surface area contributed by atoms with Gasteiger partial charge in [0.25, 0.3) is 0 Å². The van der Waals surface area contributed by atoms with Gasteiger partial charge in [-0.2, -0.15) is 0 Å². The molecule has 1 rings (SSSR count). The third-order valence-corrected chi connectivity index (χ3v) is 3.37. The monoisotopic (exact) mass is 232 g/mol.